The summed E-state index contributed by atoms with van der Waals surface area (Å²) in [5.41, 5.74) is 3.25. The van der Waals surface area contributed by atoms with Crippen LogP contribution >= 0.6 is 15.9 Å². The Morgan fingerprint density at radius 3 is 2.48 bits per heavy atom. The van der Waals surface area contributed by atoms with Gasteiger partial charge >= 0.3 is 0 Å². The quantitative estimate of drug-likeness (QED) is 0.598. The van der Waals surface area contributed by atoms with Crippen LogP contribution in [0.5, 0.6) is 11.5 Å². The molecule has 0 aliphatic rings. The minimum absolute atomic E-state index is 0.0160. The molecule has 0 radical (unpaired) electrons. The summed E-state index contributed by atoms with van der Waals surface area (Å²) in [7, 11) is 1.67. The van der Waals surface area contributed by atoms with Gasteiger partial charge in [0.15, 0.2) is 0 Å². The Labute approximate surface area is 147 Å². The molecule has 0 aliphatic heterocycles. The van der Waals surface area contributed by atoms with Gasteiger partial charge in [-0.15, -0.1) is 0 Å². The van der Waals surface area contributed by atoms with Crippen molar-refractivity contribution in [2.24, 2.45) is 0 Å². The third kappa shape index (κ3) is 3.97. The topological polar surface area (TPSA) is 18.5 Å². The van der Waals surface area contributed by atoms with Gasteiger partial charge in [-0.05, 0) is 23.6 Å². The van der Waals surface area contributed by atoms with Gasteiger partial charge in [-0.3, -0.25) is 0 Å². The van der Waals surface area contributed by atoms with Gasteiger partial charge in [0.2, 0.25) is 0 Å². The van der Waals surface area contributed by atoms with E-state index in [9.17, 15) is 0 Å². The van der Waals surface area contributed by atoms with E-state index in [4.69, 9.17) is 9.47 Å². The number of hydrogen-bond donors (Lipinski definition) is 0. The monoisotopic (exact) mass is 374 g/mol. The van der Waals surface area contributed by atoms with Gasteiger partial charge in [0.05, 0.1) is 7.11 Å². The third-order valence-corrected chi connectivity index (χ3v) is 4.32. The second-order valence-electron chi connectivity index (χ2n) is 6.38. The molecule has 0 N–H and O–H groups in total. The number of halogens is 1. The van der Waals surface area contributed by atoms with Gasteiger partial charge in [-0.1, -0.05) is 67.6 Å². The Morgan fingerprint density at radius 2 is 1.87 bits per heavy atom. The SMILES string of the molecule is C=CCOc1c(-c2cc(OC)ccc2Br)cccc1C(C)(C)C. The first-order chi connectivity index (χ1) is 10.9. The lowest BCUT2D eigenvalue weighted by molar-refractivity contribution is 0.352. The fourth-order valence-electron chi connectivity index (χ4n) is 2.48. The van der Waals surface area contributed by atoms with Crippen molar-refractivity contribution in [1.29, 1.82) is 0 Å². The smallest absolute Gasteiger partial charge is 0.131 e. The molecule has 2 aromatic rings. The maximum atomic E-state index is 6.05. The van der Waals surface area contributed by atoms with Crippen molar-refractivity contribution in [3.05, 3.63) is 59.1 Å². The maximum absolute atomic E-state index is 6.05. The largest absolute Gasteiger partial charge is 0.497 e. The summed E-state index contributed by atoms with van der Waals surface area (Å²) < 4.78 is 12.4. The highest BCUT2D eigenvalue weighted by Crippen LogP contribution is 2.42. The molecule has 23 heavy (non-hydrogen) atoms. The predicted molar refractivity (Wildman–Crippen MR) is 101 cm³/mol. The van der Waals surface area contributed by atoms with E-state index in [1.54, 1.807) is 13.2 Å². The summed E-state index contributed by atoms with van der Waals surface area (Å²) in [5, 5.41) is 0. The van der Waals surface area contributed by atoms with Gasteiger partial charge in [-0.2, -0.15) is 0 Å². The maximum Gasteiger partial charge on any atom is 0.131 e. The van der Waals surface area contributed by atoms with Crippen LogP contribution in [0, 0.1) is 0 Å². The number of rotatable bonds is 5. The van der Waals surface area contributed by atoms with Crippen LogP contribution in [0.2, 0.25) is 0 Å². The number of methoxy groups -OCH3 is 1. The average molecular weight is 375 g/mol. The minimum atomic E-state index is -0.0160. The molecule has 0 saturated carbocycles. The van der Waals surface area contributed by atoms with Crippen molar-refractivity contribution in [2.45, 2.75) is 26.2 Å². The lowest BCUT2D eigenvalue weighted by Gasteiger charge is -2.25. The zero-order valence-corrected chi connectivity index (χ0v) is 15.7. The van der Waals surface area contributed by atoms with Gasteiger partial charge in [0.1, 0.15) is 18.1 Å². The number of ether oxygens (including phenoxy) is 2. The molecule has 122 valence electrons. The molecule has 0 aliphatic carbocycles. The Morgan fingerprint density at radius 1 is 1.13 bits per heavy atom. The summed E-state index contributed by atoms with van der Waals surface area (Å²) >= 11 is 3.64. The normalized spacial score (nSPS) is 11.2. The minimum Gasteiger partial charge on any atom is -0.497 e. The molecule has 2 aromatic carbocycles. The predicted octanol–water partition coefficient (Wildman–Crippen LogP) is 5.99. The summed E-state index contributed by atoms with van der Waals surface area (Å²) in [5.74, 6) is 1.72. The van der Waals surface area contributed by atoms with Crippen molar-refractivity contribution in [1.82, 2.24) is 0 Å². The van der Waals surface area contributed by atoms with E-state index in [0.29, 0.717) is 6.61 Å². The van der Waals surface area contributed by atoms with E-state index in [1.165, 1.54) is 5.56 Å². The molecule has 0 aromatic heterocycles. The second kappa shape index (κ2) is 7.22. The molecule has 0 unspecified atom stereocenters. The van der Waals surface area contributed by atoms with E-state index in [2.05, 4.69) is 61.5 Å². The Kier molecular flexibility index (Phi) is 5.53. The van der Waals surface area contributed by atoms with Crippen LogP contribution in [0.1, 0.15) is 26.3 Å². The first kappa shape index (κ1) is 17.6. The highest BCUT2D eigenvalue weighted by atomic mass is 79.9. The molecular weight excluding hydrogens is 352 g/mol. The van der Waals surface area contributed by atoms with Crippen molar-refractivity contribution >= 4 is 15.9 Å². The molecule has 0 spiro atoms. The van der Waals surface area contributed by atoms with Crippen LogP contribution < -0.4 is 9.47 Å². The van der Waals surface area contributed by atoms with Crippen LogP contribution in [0.25, 0.3) is 11.1 Å². The molecule has 0 saturated heterocycles. The van der Waals surface area contributed by atoms with Crippen molar-refractivity contribution in [3.63, 3.8) is 0 Å². The van der Waals surface area contributed by atoms with E-state index in [0.717, 1.165) is 27.1 Å². The molecule has 2 nitrogen and oxygen atoms in total. The number of hydrogen-bond acceptors (Lipinski definition) is 2. The van der Waals surface area contributed by atoms with E-state index in [1.807, 2.05) is 18.2 Å². The van der Waals surface area contributed by atoms with E-state index < -0.39 is 0 Å². The fraction of sp³-hybridized carbons (Fsp3) is 0.300. The van der Waals surface area contributed by atoms with E-state index >= 15 is 0 Å². The standard InChI is InChI=1S/C20H23BrO2/c1-6-12-23-19-15(8-7-9-17(19)20(2,3)4)16-13-14(22-5)10-11-18(16)21/h6-11,13H,1,12H2,2-5H3. The highest BCUT2D eigenvalue weighted by Gasteiger charge is 2.22. The van der Waals surface area contributed by atoms with Crippen LogP contribution in [0.15, 0.2) is 53.5 Å². The zero-order chi connectivity index (χ0) is 17.0. The van der Waals surface area contributed by atoms with Crippen molar-refractivity contribution < 1.29 is 9.47 Å². The Balaban J connectivity index is 2.68. The van der Waals surface area contributed by atoms with Crippen LogP contribution in [0.4, 0.5) is 0 Å². The van der Waals surface area contributed by atoms with Gasteiger partial charge in [0.25, 0.3) is 0 Å². The average Bonchev–Trinajstić information content (AvgIpc) is 2.52. The first-order valence-corrected chi connectivity index (χ1v) is 8.39. The highest BCUT2D eigenvalue weighted by molar-refractivity contribution is 9.10. The second-order valence-corrected chi connectivity index (χ2v) is 7.23. The zero-order valence-electron chi connectivity index (χ0n) is 14.2. The molecule has 2 rings (SSSR count). The summed E-state index contributed by atoms with van der Waals surface area (Å²) in [6.45, 7) is 10.8. The number of para-hydroxylation sites is 1. The van der Waals surface area contributed by atoms with Gasteiger partial charge in [-0.25, -0.2) is 0 Å². The molecule has 0 atom stereocenters. The van der Waals surface area contributed by atoms with E-state index in [-0.39, 0.29) is 5.41 Å². The molecule has 0 bridgehead atoms. The van der Waals surface area contributed by atoms with Gasteiger partial charge in [0, 0.05) is 21.2 Å². The molecule has 0 amide bonds. The van der Waals surface area contributed by atoms with Gasteiger partial charge < -0.3 is 9.47 Å². The van der Waals surface area contributed by atoms with Crippen LogP contribution in [0.3, 0.4) is 0 Å². The van der Waals surface area contributed by atoms with Crippen LogP contribution in [-0.2, 0) is 5.41 Å². The van der Waals surface area contributed by atoms with Crippen LogP contribution in [-0.4, -0.2) is 13.7 Å². The Hall–Kier alpha value is -1.74. The molecule has 0 fully saturated rings. The summed E-state index contributed by atoms with van der Waals surface area (Å²) in [6.07, 6.45) is 1.77. The summed E-state index contributed by atoms with van der Waals surface area (Å²) in [6, 6.07) is 12.2. The third-order valence-electron chi connectivity index (χ3n) is 3.63. The number of benzene rings is 2. The lowest BCUT2D eigenvalue weighted by atomic mass is 9.84. The molecule has 0 heterocycles. The molecule has 3 heteroatoms. The fourth-order valence-corrected chi connectivity index (χ4v) is 2.94. The van der Waals surface area contributed by atoms with Crippen molar-refractivity contribution in [2.75, 3.05) is 13.7 Å². The lowest BCUT2D eigenvalue weighted by Crippen LogP contribution is -2.14. The first-order valence-electron chi connectivity index (χ1n) is 7.59. The summed E-state index contributed by atoms with van der Waals surface area (Å²) in [4.78, 5) is 0. The Bertz CT molecular complexity index is 699. The molecular formula is C20H23BrO2. The van der Waals surface area contributed by atoms with Crippen molar-refractivity contribution in [3.8, 4) is 22.6 Å².